The summed E-state index contributed by atoms with van der Waals surface area (Å²) in [4.78, 5) is 0. The maximum Gasteiger partial charge on any atom is 0.248 e. The quantitative estimate of drug-likeness (QED) is 0.201. The molecule has 2 heteroatoms. The van der Waals surface area contributed by atoms with Crippen molar-refractivity contribution in [2.24, 2.45) is 0 Å². The molecule has 0 N–H and O–H groups in total. The molecular weight excluding hydrogens is 352 g/mol. The third-order valence-corrected chi connectivity index (χ3v) is 6.16. The molecule has 0 aliphatic rings. The average molecular weight is 398 g/mol. The molecule has 2 aromatic rings. The van der Waals surface area contributed by atoms with E-state index in [1.54, 1.807) is 0 Å². The normalized spacial score (nSPS) is 11.3. The minimum atomic E-state index is 1.13. The Bertz CT molecular complexity index is 651. The zero-order valence-electron chi connectivity index (χ0n) is 19.5. The predicted octanol–water partition coefficient (Wildman–Crippen LogP) is 7.86. The molecule has 0 spiro atoms. The van der Waals surface area contributed by atoms with E-state index in [0.717, 1.165) is 6.54 Å². The van der Waals surface area contributed by atoms with Gasteiger partial charge in [-0.2, -0.15) is 0 Å². The highest BCUT2D eigenvalue weighted by molar-refractivity contribution is 5.46. The van der Waals surface area contributed by atoms with Crippen molar-refractivity contribution < 1.29 is 4.57 Å². The van der Waals surface area contributed by atoms with Gasteiger partial charge in [-0.3, -0.25) is 0 Å². The molecule has 162 valence electrons. The van der Waals surface area contributed by atoms with E-state index in [9.17, 15) is 0 Å². The molecule has 0 atom stereocenters. The van der Waals surface area contributed by atoms with Gasteiger partial charge in [-0.25, -0.2) is 9.13 Å². The smallest absolute Gasteiger partial charge is 0.236 e. The lowest BCUT2D eigenvalue weighted by Crippen LogP contribution is -2.30. The van der Waals surface area contributed by atoms with Gasteiger partial charge in [0.05, 0.1) is 6.54 Å². The summed E-state index contributed by atoms with van der Waals surface area (Å²) in [6, 6.07) is 6.53. The largest absolute Gasteiger partial charge is 0.248 e. The van der Waals surface area contributed by atoms with Crippen LogP contribution in [0.4, 0.5) is 0 Å². The van der Waals surface area contributed by atoms with Crippen molar-refractivity contribution in [2.75, 3.05) is 0 Å². The van der Waals surface area contributed by atoms with Crippen molar-refractivity contribution in [3.8, 4) is 5.69 Å². The average Bonchev–Trinajstić information content (AvgIpc) is 3.16. The molecule has 0 bridgehead atoms. The molecule has 1 aromatic carbocycles. The van der Waals surface area contributed by atoms with Gasteiger partial charge >= 0.3 is 0 Å². The summed E-state index contributed by atoms with van der Waals surface area (Å²) in [6.07, 6.45) is 26.5. The number of aryl methyl sites for hydroxylation is 3. The molecule has 29 heavy (non-hydrogen) atoms. The van der Waals surface area contributed by atoms with Crippen LogP contribution in [0, 0.1) is 13.8 Å². The van der Waals surface area contributed by atoms with Gasteiger partial charge < -0.3 is 0 Å². The van der Waals surface area contributed by atoms with Crippen LogP contribution < -0.4 is 4.57 Å². The lowest BCUT2D eigenvalue weighted by atomic mass is 10.0. The highest BCUT2D eigenvalue weighted by Crippen LogP contribution is 2.18. The van der Waals surface area contributed by atoms with E-state index in [1.165, 1.54) is 107 Å². The number of nitrogens with zero attached hydrogens (tertiary/aromatic N) is 2. The van der Waals surface area contributed by atoms with Gasteiger partial charge in [0, 0.05) is 0 Å². The Hall–Kier alpha value is -1.57. The molecule has 2 rings (SSSR count). The van der Waals surface area contributed by atoms with Crippen LogP contribution in [-0.4, -0.2) is 4.57 Å². The highest BCUT2D eigenvalue weighted by atomic mass is 15.1. The topological polar surface area (TPSA) is 8.81 Å². The zero-order chi connectivity index (χ0) is 20.7. The van der Waals surface area contributed by atoms with E-state index in [4.69, 9.17) is 0 Å². The van der Waals surface area contributed by atoms with Crippen LogP contribution in [0.3, 0.4) is 0 Å². The third-order valence-electron chi connectivity index (χ3n) is 6.16. The Balaban J connectivity index is 1.48. The molecule has 0 saturated heterocycles. The summed E-state index contributed by atoms with van der Waals surface area (Å²) in [7, 11) is 0. The summed E-state index contributed by atoms with van der Waals surface area (Å²) in [6.45, 7) is 7.82. The number of benzene rings is 1. The third kappa shape index (κ3) is 9.19. The second-order valence-corrected chi connectivity index (χ2v) is 8.90. The minimum absolute atomic E-state index is 1.13. The van der Waals surface area contributed by atoms with Crippen LogP contribution >= 0.6 is 0 Å². The predicted molar refractivity (Wildman–Crippen MR) is 126 cm³/mol. The SMILES string of the molecule is CCCCCCCCCCCCCCCC[n+]1ccn(-c2c(C)cccc2C)c1. The van der Waals surface area contributed by atoms with Crippen LogP contribution in [0.15, 0.2) is 36.9 Å². The molecule has 0 radical (unpaired) electrons. The molecule has 0 saturated carbocycles. The van der Waals surface area contributed by atoms with Crippen LogP contribution in [0.25, 0.3) is 5.69 Å². The summed E-state index contributed by atoms with van der Waals surface area (Å²) < 4.78 is 4.61. The second-order valence-electron chi connectivity index (χ2n) is 8.90. The van der Waals surface area contributed by atoms with Gasteiger partial charge in [0.25, 0.3) is 0 Å². The number of unbranched alkanes of at least 4 members (excludes halogenated alkanes) is 13. The summed E-state index contributed by atoms with van der Waals surface area (Å²) >= 11 is 0. The van der Waals surface area contributed by atoms with Crippen molar-refractivity contribution in [1.29, 1.82) is 0 Å². The standard InChI is InChI=1S/C27H45N2/c1-4-5-6-7-8-9-10-11-12-13-14-15-16-17-21-28-22-23-29(24-28)27-25(2)19-18-20-26(27)3/h18-20,22-24H,4-17,21H2,1-3H3/q+1. The van der Waals surface area contributed by atoms with E-state index in [1.807, 2.05) is 0 Å². The van der Waals surface area contributed by atoms with Gasteiger partial charge in [-0.05, 0) is 37.8 Å². The molecule has 2 nitrogen and oxygen atoms in total. The van der Waals surface area contributed by atoms with Crippen LogP contribution in [0.2, 0.25) is 0 Å². The van der Waals surface area contributed by atoms with Crippen molar-refractivity contribution in [3.63, 3.8) is 0 Å². The zero-order valence-corrected chi connectivity index (χ0v) is 19.5. The monoisotopic (exact) mass is 397 g/mol. The van der Waals surface area contributed by atoms with Crippen molar-refractivity contribution in [1.82, 2.24) is 4.57 Å². The Morgan fingerprint density at radius 1 is 0.690 bits per heavy atom. The fourth-order valence-corrected chi connectivity index (χ4v) is 4.36. The van der Waals surface area contributed by atoms with E-state index in [0.29, 0.717) is 0 Å². The number of hydrogen-bond acceptors (Lipinski definition) is 0. The van der Waals surface area contributed by atoms with Crippen molar-refractivity contribution in [3.05, 3.63) is 48.0 Å². The van der Waals surface area contributed by atoms with Crippen LogP contribution in [-0.2, 0) is 6.54 Å². The number of para-hydroxylation sites is 1. The molecule has 1 aromatic heterocycles. The maximum atomic E-state index is 2.34. The Morgan fingerprint density at radius 2 is 1.17 bits per heavy atom. The first-order valence-corrected chi connectivity index (χ1v) is 12.4. The van der Waals surface area contributed by atoms with E-state index in [-0.39, 0.29) is 0 Å². The maximum absolute atomic E-state index is 2.34. The Labute approximate surface area is 180 Å². The fraction of sp³-hybridized carbons (Fsp3) is 0.667. The first-order valence-electron chi connectivity index (χ1n) is 12.4. The van der Waals surface area contributed by atoms with Crippen LogP contribution in [0.5, 0.6) is 0 Å². The highest BCUT2D eigenvalue weighted by Gasteiger charge is 2.11. The van der Waals surface area contributed by atoms with E-state index >= 15 is 0 Å². The number of hydrogen-bond donors (Lipinski definition) is 0. The first kappa shape index (κ1) is 23.7. The van der Waals surface area contributed by atoms with E-state index < -0.39 is 0 Å². The van der Waals surface area contributed by atoms with Gasteiger partial charge in [-0.15, -0.1) is 0 Å². The summed E-state index contributed by atoms with van der Waals surface area (Å²) in [5.41, 5.74) is 4.00. The Kier molecular flexibility index (Phi) is 11.8. The lowest BCUT2D eigenvalue weighted by molar-refractivity contribution is -0.696. The summed E-state index contributed by atoms with van der Waals surface area (Å²) in [5.74, 6) is 0. The molecule has 0 amide bonds. The molecular formula is C27H45N2+. The van der Waals surface area contributed by atoms with Crippen molar-refractivity contribution >= 4 is 0 Å². The molecule has 0 aliphatic carbocycles. The summed E-state index contributed by atoms with van der Waals surface area (Å²) in [5, 5.41) is 0. The van der Waals surface area contributed by atoms with Gasteiger partial charge in [0.1, 0.15) is 18.1 Å². The minimum Gasteiger partial charge on any atom is -0.236 e. The molecule has 0 aliphatic heterocycles. The van der Waals surface area contributed by atoms with E-state index in [2.05, 4.69) is 66.8 Å². The number of rotatable bonds is 16. The molecule has 0 unspecified atom stereocenters. The fourth-order valence-electron chi connectivity index (χ4n) is 4.36. The number of imidazole rings is 1. The first-order chi connectivity index (χ1) is 14.2. The van der Waals surface area contributed by atoms with Gasteiger partial charge in [-0.1, -0.05) is 102 Å². The lowest BCUT2D eigenvalue weighted by Gasteiger charge is -2.04. The molecule has 0 fully saturated rings. The van der Waals surface area contributed by atoms with Crippen LogP contribution in [0.1, 0.15) is 108 Å². The van der Waals surface area contributed by atoms with Gasteiger partial charge in [0.2, 0.25) is 6.33 Å². The Morgan fingerprint density at radius 3 is 1.69 bits per heavy atom. The number of aromatic nitrogens is 2. The van der Waals surface area contributed by atoms with Crippen molar-refractivity contribution in [2.45, 2.75) is 117 Å². The van der Waals surface area contributed by atoms with Gasteiger partial charge in [0.15, 0.2) is 0 Å². The second kappa shape index (κ2) is 14.4. The molecule has 1 heterocycles.